The minimum Gasteiger partial charge on any atom is -0.271 e. The van der Waals surface area contributed by atoms with Crippen LogP contribution in [0.15, 0.2) is 40.9 Å². The number of aryl methyl sites for hydroxylation is 1. The van der Waals surface area contributed by atoms with Crippen LogP contribution in [-0.4, -0.2) is 0 Å². The van der Waals surface area contributed by atoms with Crippen LogP contribution in [0.25, 0.3) is 0 Å². The largest absolute Gasteiger partial charge is 0.271 e. The third-order valence-corrected chi connectivity index (χ3v) is 3.59. The number of rotatable bonds is 3. The average Bonchev–Trinajstić information content (AvgIpc) is 2.36. The minimum absolute atomic E-state index is 0.357. The van der Waals surface area contributed by atoms with Gasteiger partial charge >= 0.3 is 0 Å². The lowest BCUT2D eigenvalue weighted by atomic mass is 9.97. The fraction of sp³-hybridized carbons (Fsp3) is 0.143. The van der Waals surface area contributed by atoms with E-state index < -0.39 is 6.04 Å². The van der Waals surface area contributed by atoms with E-state index in [0.29, 0.717) is 15.6 Å². The Morgan fingerprint density at radius 2 is 1.84 bits per heavy atom. The molecule has 0 spiro atoms. The molecule has 0 amide bonds. The molecular formula is C14H13BrF2N2. The Balaban J connectivity index is 2.52. The molecule has 0 heterocycles. The Bertz CT molecular complexity index is 602. The van der Waals surface area contributed by atoms with Crippen LogP contribution in [0.5, 0.6) is 0 Å². The van der Waals surface area contributed by atoms with E-state index in [9.17, 15) is 8.78 Å². The highest BCUT2D eigenvalue weighted by Gasteiger charge is 2.19. The molecule has 19 heavy (non-hydrogen) atoms. The molecule has 2 nitrogen and oxygen atoms in total. The fourth-order valence-corrected chi connectivity index (χ4v) is 2.55. The van der Waals surface area contributed by atoms with Gasteiger partial charge in [0.15, 0.2) is 0 Å². The summed E-state index contributed by atoms with van der Waals surface area (Å²) >= 11 is 3.27. The van der Waals surface area contributed by atoms with Crippen molar-refractivity contribution in [2.75, 3.05) is 0 Å². The zero-order valence-electron chi connectivity index (χ0n) is 10.3. The topological polar surface area (TPSA) is 38.0 Å². The maximum absolute atomic E-state index is 13.9. The number of nitrogens with one attached hydrogen (secondary N) is 1. The van der Waals surface area contributed by atoms with Gasteiger partial charge in [-0.3, -0.25) is 5.84 Å². The van der Waals surface area contributed by atoms with E-state index in [1.165, 1.54) is 18.2 Å². The fourth-order valence-electron chi connectivity index (χ4n) is 1.97. The van der Waals surface area contributed by atoms with Crippen LogP contribution in [0.2, 0.25) is 0 Å². The summed E-state index contributed by atoms with van der Waals surface area (Å²) in [4.78, 5) is 0. The highest BCUT2D eigenvalue weighted by molar-refractivity contribution is 9.10. The molecule has 0 saturated heterocycles. The lowest BCUT2D eigenvalue weighted by Crippen LogP contribution is -2.30. The zero-order valence-corrected chi connectivity index (χ0v) is 11.8. The van der Waals surface area contributed by atoms with Crippen molar-refractivity contribution < 1.29 is 8.78 Å². The minimum atomic E-state index is -0.546. The van der Waals surface area contributed by atoms with Crippen LogP contribution in [0.1, 0.15) is 22.7 Å². The van der Waals surface area contributed by atoms with Gasteiger partial charge in [-0.2, -0.15) is 0 Å². The van der Waals surface area contributed by atoms with Gasteiger partial charge in [-0.25, -0.2) is 14.2 Å². The molecule has 2 aromatic carbocycles. The normalized spacial score (nSPS) is 12.5. The zero-order chi connectivity index (χ0) is 14.0. The van der Waals surface area contributed by atoms with Gasteiger partial charge < -0.3 is 0 Å². The lowest BCUT2D eigenvalue weighted by molar-refractivity contribution is 0.557. The molecule has 0 aromatic heterocycles. The van der Waals surface area contributed by atoms with E-state index in [-0.39, 0.29) is 11.6 Å². The van der Waals surface area contributed by atoms with Crippen molar-refractivity contribution in [2.24, 2.45) is 5.84 Å². The summed E-state index contributed by atoms with van der Waals surface area (Å²) in [6.07, 6.45) is 0. The van der Waals surface area contributed by atoms with Gasteiger partial charge in [-0.1, -0.05) is 39.7 Å². The van der Waals surface area contributed by atoms with Gasteiger partial charge in [0, 0.05) is 10.0 Å². The molecule has 1 unspecified atom stereocenters. The Kier molecular flexibility index (Phi) is 4.29. The molecule has 0 aliphatic rings. The van der Waals surface area contributed by atoms with Crippen molar-refractivity contribution in [1.82, 2.24) is 5.43 Å². The van der Waals surface area contributed by atoms with Crippen LogP contribution in [-0.2, 0) is 0 Å². The molecule has 0 aliphatic carbocycles. The van der Waals surface area contributed by atoms with Gasteiger partial charge in [0.05, 0.1) is 6.04 Å². The quantitative estimate of drug-likeness (QED) is 0.668. The summed E-state index contributed by atoms with van der Waals surface area (Å²) < 4.78 is 27.6. The molecule has 2 rings (SSSR count). The number of halogens is 3. The van der Waals surface area contributed by atoms with Crippen molar-refractivity contribution in [1.29, 1.82) is 0 Å². The molecule has 5 heteroatoms. The summed E-state index contributed by atoms with van der Waals surface area (Å²) in [6, 6.07) is 8.47. The summed E-state index contributed by atoms with van der Waals surface area (Å²) in [5.41, 5.74) is 4.60. The van der Waals surface area contributed by atoms with E-state index in [4.69, 9.17) is 5.84 Å². The Hall–Kier alpha value is -1.30. The van der Waals surface area contributed by atoms with E-state index in [0.717, 1.165) is 5.56 Å². The third kappa shape index (κ3) is 3.00. The van der Waals surface area contributed by atoms with Crippen molar-refractivity contribution in [3.63, 3.8) is 0 Å². The maximum atomic E-state index is 13.9. The summed E-state index contributed by atoms with van der Waals surface area (Å²) in [5, 5.41) is 0. The standard InChI is InChI=1S/C14H13BrF2N2/c1-8-2-5-13(17)11(6-8)14(19-18)10-4-3-9(16)7-12(10)15/h2-7,14,19H,18H2,1H3. The van der Waals surface area contributed by atoms with Crippen LogP contribution in [0.4, 0.5) is 8.78 Å². The second-order valence-corrected chi connectivity index (χ2v) is 5.14. The first-order chi connectivity index (χ1) is 9.02. The molecule has 0 radical (unpaired) electrons. The smallest absolute Gasteiger partial charge is 0.128 e. The number of hydrogen-bond acceptors (Lipinski definition) is 2. The predicted octanol–water partition coefficient (Wildman–Crippen LogP) is 3.59. The second-order valence-electron chi connectivity index (χ2n) is 4.29. The monoisotopic (exact) mass is 326 g/mol. The van der Waals surface area contributed by atoms with Crippen LogP contribution < -0.4 is 11.3 Å². The third-order valence-electron chi connectivity index (χ3n) is 2.90. The van der Waals surface area contributed by atoms with Crippen molar-refractivity contribution in [3.8, 4) is 0 Å². The first kappa shape index (κ1) is 14.1. The van der Waals surface area contributed by atoms with Gasteiger partial charge in [-0.15, -0.1) is 0 Å². The molecule has 2 aromatic rings. The van der Waals surface area contributed by atoms with Gasteiger partial charge in [0.2, 0.25) is 0 Å². The van der Waals surface area contributed by atoms with Gasteiger partial charge in [0.1, 0.15) is 11.6 Å². The van der Waals surface area contributed by atoms with Crippen LogP contribution >= 0.6 is 15.9 Å². The highest BCUT2D eigenvalue weighted by Crippen LogP contribution is 2.30. The van der Waals surface area contributed by atoms with Crippen LogP contribution in [0.3, 0.4) is 0 Å². The number of hydrogen-bond donors (Lipinski definition) is 2. The van der Waals surface area contributed by atoms with E-state index in [1.54, 1.807) is 18.2 Å². The molecule has 3 N–H and O–H groups in total. The Labute approximate surface area is 118 Å². The van der Waals surface area contributed by atoms with E-state index in [1.807, 2.05) is 6.92 Å². The van der Waals surface area contributed by atoms with Crippen molar-refractivity contribution >= 4 is 15.9 Å². The molecule has 0 bridgehead atoms. The number of hydrazine groups is 1. The molecule has 1 atom stereocenters. The van der Waals surface area contributed by atoms with E-state index in [2.05, 4.69) is 21.4 Å². The van der Waals surface area contributed by atoms with Crippen LogP contribution in [0, 0.1) is 18.6 Å². The Morgan fingerprint density at radius 3 is 2.47 bits per heavy atom. The Morgan fingerprint density at radius 1 is 1.11 bits per heavy atom. The molecular weight excluding hydrogens is 314 g/mol. The summed E-state index contributed by atoms with van der Waals surface area (Å²) in [7, 11) is 0. The van der Waals surface area contributed by atoms with Crippen molar-refractivity contribution in [2.45, 2.75) is 13.0 Å². The maximum Gasteiger partial charge on any atom is 0.128 e. The molecule has 0 aliphatic heterocycles. The van der Waals surface area contributed by atoms with Crippen molar-refractivity contribution in [3.05, 3.63) is 69.2 Å². The van der Waals surface area contributed by atoms with Gasteiger partial charge in [0.25, 0.3) is 0 Å². The predicted molar refractivity (Wildman–Crippen MR) is 74.4 cm³/mol. The molecule has 100 valence electrons. The van der Waals surface area contributed by atoms with Gasteiger partial charge in [-0.05, 0) is 30.7 Å². The second kappa shape index (κ2) is 5.77. The number of benzene rings is 2. The summed E-state index contributed by atoms with van der Waals surface area (Å²) in [5.74, 6) is 4.81. The average molecular weight is 327 g/mol. The number of nitrogens with two attached hydrogens (primary N) is 1. The van der Waals surface area contributed by atoms with E-state index >= 15 is 0 Å². The molecule has 0 saturated carbocycles. The summed E-state index contributed by atoms with van der Waals surface area (Å²) in [6.45, 7) is 1.87. The molecule has 0 fully saturated rings. The lowest BCUT2D eigenvalue weighted by Gasteiger charge is -2.19. The SMILES string of the molecule is Cc1ccc(F)c(C(NN)c2ccc(F)cc2Br)c1. The first-order valence-electron chi connectivity index (χ1n) is 5.70. The first-order valence-corrected chi connectivity index (χ1v) is 6.49. The highest BCUT2D eigenvalue weighted by atomic mass is 79.9.